The van der Waals surface area contributed by atoms with Crippen molar-refractivity contribution in [3.63, 3.8) is 0 Å². The van der Waals surface area contributed by atoms with E-state index in [0.29, 0.717) is 0 Å². The average molecular weight is 328 g/mol. The minimum Gasteiger partial charge on any atom is -0.383 e. The monoisotopic (exact) mass is 327 g/mol. The first-order valence-corrected chi connectivity index (χ1v) is 7.30. The Balaban J connectivity index is 1.74. The van der Waals surface area contributed by atoms with Crippen molar-refractivity contribution in [2.75, 3.05) is 11.9 Å². The van der Waals surface area contributed by atoms with Crippen LogP contribution < -0.4 is 5.32 Å². The van der Waals surface area contributed by atoms with Gasteiger partial charge < -0.3 is 5.32 Å². The molecule has 3 aromatic rings. The highest BCUT2D eigenvalue weighted by Gasteiger charge is 2.03. The molecular weight excluding hydrogens is 314 g/mol. The van der Waals surface area contributed by atoms with Gasteiger partial charge in [0, 0.05) is 23.4 Å². The third-order valence-electron chi connectivity index (χ3n) is 3.12. The zero-order valence-electron chi connectivity index (χ0n) is 10.9. The number of fused-ring (bicyclic) bond motifs is 1. The molecule has 0 bridgehead atoms. The number of hydrogen-bond acceptors (Lipinski definition) is 3. The molecule has 1 N–H and O–H groups in total. The maximum Gasteiger partial charge on any atom is 0.112 e. The molecule has 0 radical (unpaired) electrons. The van der Waals surface area contributed by atoms with Crippen molar-refractivity contribution in [1.29, 1.82) is 0 Å². The molecule has 0 saturated heterocycles. The number of pyridine rings is 2. The van der Waals surface area contributed by atoms with Crippen LogP contribution in [0.2, 0.25) is 0 Å². The lowest BCUT2D eigenvalue weighted by atomic mass is 10.1. The van der Waals surface area contributed by atoms with Crippen molar-refractivity contribution in [2.24, 2.45) is 0 Å². The number of aromatic nitrogens is 2. The van der Waals surface area contributed by atoms with E-state index in [1.54, 1.807) is 12.4 Å². The van der Waals surface area contributed by atoms with Crippen LogP contribution in [0, 0.1) is 0 Å². The number of halogens is 1. The molecule has 1 aromatic carbocycles. The van der Waals surface area contributed by atoms with Gasteiger partial charge in [-0.25, -0.2) is 0 Å². The maximum atomic E-state index is 4.43. The van der Waals surface area contributed by atoms with Crippen molar-refractivity contribution in [2.45, 2.75) is 6.42 Å². The van der Waals surface area contributed by atoms with Crippen molar-refractivity contribution in [3.8, 4) is 0 Å². The van der Waals surface area contributed by atoms with Gasteiger partial charge in [0.2, 0.25) is 0 Å². The van der Waals surface area contributed by atoms with Crippen LogP contribution in [0.3, 0.4) is 0 Å². The Morgan fingerprint density at radius 2 is 1.90 bits per heavy atom. The first-order chi connectivity index (χ1) is 9.83. The predicted octanol–water partition coefficient (Wildman–Crippen LogP) is 4.05. The van der Waals surface area contributed by atoms with E-state index in [0.717, 1.165) is 34.2 Å². The minimum absolute atomic E-state index is 0.876. The van der Waals surface area contributed by atoms with Gasteiger partial charge in [-0.3, -0.25) is 9.97 Å². The molecule has 3 nitrogen and oxygen atoms in total. The summed E-state index contributed by atoms with van der Waals surface area (Å²) in [6, 6.07) is 14.4. The lowest BCUT2D eigenvalue weighted by Gasteiger charge is -2.08. The molecule has 0 saturated carbocycles. The summed E-state index contributed by atoms with van der Waals surface area (Å²) >= 11 is 3.42. The zero-order chi connectivity index (χ0) is 13.8. The van der Waals surface area contributed by atoms with Crippen LogP contribution in [0.4, 0.5) is 5.69 Å². The lowest BCUT2D eigenvalue weighted by molar-refractivity contribution is 1.02. The second-order valence-electron chi connectivity index (χ2n) is 4.54. The Kier molecular flexibility index (Phi) is 3.92. The van der Waals surface area contributed by atoms with Crippen molar-refractivity contribution >= 4 is 32.7 Å². The second-order valence-corrected chi connectivity index (χ2v) is 5.46. The standard InChI is InChI=1S/C16H14BrN3/c17-13-10-15-16(20-11-13)14(7-9-19-15)18-8-6-12-4-2-1-3-5-12/h1-5,7,9-11H,6,8H2,(H,18,19). The summed E-state index contributed by atoms with van der Waals surface area (Å²) < 4.78 is 0.943. The molecule has 3 rings (SSSR count). The van der Waals surface area contributed by atoms with E-state index in [1.165, 1.54) is 5.56 Å². The smallest absolute Gasteiger partial charge is 0.112 e. The fourth-order valence-electron chi connectivity index (χ4n) is 2.13. The second kappa shape index (κ2) is 6.01. The predicted molar refractivity (Wildman–Crippen MR) is 85.9 cm³/mol. The number of nitrogens with zero attached hydrogens (tertiary/aromatic N) is 2. The van der Waals surface area contributed by atoms with Crippen LogP contribution in [0.25, 0.3) is 11.0 Å². The molecule has 2 aromatic heterocycles. The van der Waals surface area contributed by atoms with Crippen molar-refractivity contribution in [1.82, 2.24) is 9.97 Å². The summed E-state index contributed by atoms with van der Waals surface area (Å²) in [6.07, 6.45) is 4.59. The molecule has 4 heteroatoms. The molecule has 0 amide bonds. The summed E-state index contributed by atoms with van der Waals surface area (Å²) in [4.78, 5) is 8.77. The van der Waals surface area contributed by atoms with Crippen LogP contribution in [-0.2, 0) is 6.42 Å². The van der Waals surface area contributed by atoms with Crippen LogP contribution >= 0.6 is 15.9 Å². The quantitative estimate of drug-likeness (QED) is 0.785. The largest absolute Gasteiger partial charge is 0.383 e. The van der Waals surface area contributed by atoms with Crippen LogP contribution in [-0.4, -0.2) is 16.5 Å². The number of nitrogens with one attached hydrogen (secondary N) is 1. The molecule has 0 aliphatic carbocycles. The molecule has 20 heavy (non-hydrogen) atoms. The Hall–Kier alpha value is -1.94. The third kappa shape index (κ3) is 2.96. The summed E-state index contributed by atoms with van der Waals surface area (Å²) in [7, 11) is 0. The maximum absolute atomic E-state index is 4.43. The fourth-order valence-corrected chi connectivity index (χ4v) is 2.45. The molecule has 0 aliphatic rings. The lowest BCUT2D eigenvalue weighted by Crippen LogP contribution is -2.05. The highest BCUT2D eigenvalue weighted by molar-refractivity contribution is 9.10. The van der Waals surface area contributed by atoms with Gasteiger partial charge in [0.1, 0.15) is 5.52 Å². The van der Waals surface area contributed by atoms with Crippen LogP contribution in [0.15, 0.2) is 59.3 Å². The van der Waals surface area contributed by atoms with Gasteiger partial charge in [0.05, 0.1) is 11.2 Å². The van der Waals surface area contributed by atoms with Gasteiger partial charge in [-0.05, 0) is 40.0 Å². The van der Waals surface area contributed by atoms with Crippen LogP contribution in [0.1, 0.15) is 5.56 Å². The Labute approximate surface area is 126 Å². The first-order valence-electron chi connectivity index (χ1n) is 6.51. The third-order valence-corrected chi connectivity index (χ3v) is 3.55. The molecule has 100 valence electrons. The topological polar surface area (TPSA) is 37.8 Å². The fraction of sp³-hybridized carbons (Fsp3) is 0.125. The van der Waals surface area contributed by atoms with Crippen molar-refractivity contribution in [3.05, 3.63) is 64.9 Å². The molecule has 2 heterocycles. The van der Waals surface area contributed by atoms with Gasteiger partial charge in [-0.1, -0.05) is 30.3 Å². The molecule has 0 unspecified atom stereocenters. The van der Waals surface area contributed by atoms with Gasteiger partial charge in [-0.2, -0.15) is 0 Å². The van der Waals surface area contributed by atoms with E-state index >= 15 is 0 Å². The summed E-state index contributed by atoms with van der Waals surface area (Å²) in [5.41, 5.74) is 4.15. The first kappa shape index (κ1) is 13.1. The highest BCUT2D eigenvalue weighted by atomic mass is 79.9. The number of rotatable bonds is 4. The highest BCUT2D eigenvalue weighted by Crippen LogP contribution is 2.21. The number of benzene rings is 1. The van der Waals surface area contributed by atoms with Crippen LogP contribution in [0.5, 0.6) is 0 Å². The summed E-state index contributed by atoms with van der Waals surface area (Å²) in [5, 5.41) is 3.44. The molecule has 0 spiro atoms. The van der Waals surface area contributed by atoms with E-state index in [1.807, 2.05) is 18.2 Å². The number of hydrogen-bond donors (Lipinski definition) is 1. The van der Waals surface area contributed by atoms with Gasteiger partial charge in [0.15, 0.2) is 0 Å². The molecule has 0 atom stereocenters. The van der Waals surface area contributed by atoms with E-state index in [-0.39, 0.29) is 0 Å². The van der Waals surface area contributed by atoms with Gasteiger partial charge in [-0.15, -0.1) is 0 Å². The number of anilines is 1. The SMILES string of the molecule is Brc1cnc2c(NCCc3ccccc3)ccnc2c1. The van der Waals surface area contributed by atoms with E-state index in [2.05, 4.69) is 55.5 Å². The Bertz CT molecular complexity index is 713. The van der Waals surface area contributed by atoms with E-state index < -0.39 is 0 Å². The molecule has 0 fully saturated rings. The zero-order valence-corrected chi connectivity index (χ0v) is 12.5. The van der Waals surface area contributed by atoms with Crippen molar-refractivity contribution < 1.29 is 0 Å². The van der Waals surface area contributed by atoms with Gasteiger partial charge in [0.25, 0.3) is 0 Å². The summed E-state index contributed by atoms with van der Waals surface area (Å²) in [5.74, 6) is 0. The Morgan fingerprint density at radius 1 is 1.05 bits per heavy atom. The normalized spacial score (nSPS) is 10.7. The van der Waals surface area contributed by atoms with E-state index in [9.17, 15) is 0 Å². The minimum atomic E-state index is 0.876. The summed E-state index contributed by atoms with van der Waals surface area (Å²) in [6.45, 7) is 0.876. The Morgan fingerprint density at radius 3 is 2.75 bits per heavy atom. The van der Waals surface area contributed by atoms with Gasteiger partial charge >= 0.3 is 0 Å². The average Bonchev–Trinajstić information content (AvgIpc) is 2.48. The molecule has 0 aliphatic heterocycles. The molecular formula is C16H14BrN3. The van der Waals surface area contributed by atoms with E-state index in [4.69, 9.17) is 0 Å².